The van der Waals surface area contributed by atoms with Crippen molar-refractivity contribution in [3.05, 3.63) is 0 Å². The van der Waals surface area contributed by atoms with Crippen LogP contribution in [-0.4, -0.2) is 40.4 Å². The molecule has 16 heavy (non-hydrogen) atoms. The zero-order valence-corrected chi connectivity index (χ0v) is 9.85. The highest BCUT2D eigenvalue weighted by Crippen LogP contribution is 2.58. The van der Waals surface area contributed by atoms with E-state index in [2.05, 4.69) is 6.92 Å². The molecule has 2 aliphatic heterocycles. The third-order valence-corrected chi connectivity index (χ3v) is 4.83. The van der Waals surface area contributed by atoms with Crippen LogP contribution in [0.3, 0.4) is 0 Å². The molecule has 3 aliphatic rings. The van der Waals surface area contributed by atoms with Crippen LogP contribution in [0.15, 0.2) is 0 Å². The van der Waals surface area contributed by atoms with Crippen molar-refractivity contribution >= 4 is 0 Å². The molecular weight excluding hydrogens is 208 g/mol. The molecule has 1 unspecified atom stereocenters. The van der Waals surface area contributed by atoms with Gasteiger partial charge < -0.3 is 19.7 Å². The molecule has 0 aromatic carbocycles. The van der Waals surface area contributed by atoms with Crippen LogP contribution in [0, 0.1) is 11.8 Å². The number of rotatable bonds is 1. The number of hydrogen-bond acceptors (Lipinski definition) is 4. The number of aliphatic hydroxyl groups excluding tert-OH is 2. The lowest BCUT2D eigenvalue weighted by Gasteiger charge is -2.47. The summed E-state index contributed by atoms with van der Waals surface area (Å²) in [7, 11) is 0. The van der Waals surface area contributed by atoms with E-state index in [4.69, 9.17) is 9.47 Å². The molecule has 3 fully saturated rings. The molecule has 4 nitrogen and oxygen atoms in total. The van der Waals surface area contributed by atoms with Gasteiger partial charge in [0.1, 0.15) is 5.60 Å². The molecule has 6 atom stereocenters. The normalized spacial score (nSPS) is 60.0. The van der Waals surface area contributed by atoms with E-state index in [1.54, 1.807) is 0 Å². The maximum atomic E-state index is 10.1. The van der Waals surface area contributed by atoms with Gasteiger partial charge in [0.15, 0.2) is 6.29 Å². The molecular formula is C12H20O4. The lowest BCUT2D eigenvalue weighted by Crippen LogP contribution is -2.57. The van der Waals surface area contributed by atoms with E-state index in [1.807, 2.05) is 6.92 Å². The number of ether oxygens (including phenoxy) is 2. The molecule has 0 amide bonds. The average Bonchev–Trinajstić information content (AvgIpc) is 2.47. The zero-order chi connectivity index (χ0) is 11.6. The van der Waals surface area contributed by atoms with Gasteiger partial charge in [-0.2, -0.15) is 0 Å². The molecule has 2 heterocycles. The van der Waals surface area contributed by atoms with Gasteiger partial charge in [-0.05, 0) is 39.0 Å². The van der Waals surface area contributed by atoms with E-state index in [-0.39, 0.29) is 18.3 Å². The van der Waals surface area contributed by atoms with Crippen LogP contribution in [0.5, 0.6) is 0 Å². The quantitative estimate of drug-likeness (QED) is 0.692. The highest BCUT2D eigenvalue weighted by molar-refractivity contribution is 5.09. The minimum Gasteiger partial charge on any atom is -0.394 e. The van der Waals surface area contributed by atoms with Crippen molar-refractivity contribution in [1.82, 2.24) is 0 Å². The Bertz CT molecular complexity index is 307. The molecule has 0 aromatic rings. The monoisotopic (exact) mass is 228 g/mol. The SMILES string of the molecule is C[C@@]12CC[C@H]3[C@@H](C1)[C@@](C)(O2)C(O)O[C@@H]3CO. The van der Waals surface area contributed by atoms with Gasteiger partial charge in [0.05, 0.1) is 18.3 Å². The third kappa shape index (κ3) is 1.24. The van der Waals surface area contributed by atoms with E-state index >= 15 is 0 Å². The smallest absolute Gasteiger partial charge is 0.184 e. The Morgan fingerprint density at radius 2 is 2.12 bits per heavy atom. The van der Waals surface area contributed by atoms with Crippen LogP contribution >= 0.6 is 0 Å². The maximum Gasteiger partial charge on any atom is 0.184 e. The summed E-state index contributed by atoms with van der Waals surface area (Å²) in [6.45, 7) is 4.05. The van der Waals surface area contributed by atoms with Crippen LogP contribution < -0.4 is 0 Å². The second-order valence-corrected chi connectivity index (χ2v) is 5.96. The molecule has 2 N–H and O–H groups in total. The summed E-state index contributed by atoms with van der Waals surface area (Å²) in [6, 6.07) is 0. The summed E-state index contributed by atoms with van der Waals surface area (Å²) in [5, 5.41) is 19.4. The Balaban J connectivity index is 1.97. The summed E-state index contributed by atoms with van der Waals surface area (Å²) in [5.41, 5.74) is -0.688. The Morgan fingerprint density at radius 3 is 2.81 bits per heavy atom. The van der Waals surface area contributed by atoms with Crippen LogP contribution in [0.4, 0.5) is 0 Å². The maximum absolute atomic E-state index is 10.1. The molecule has 1 saturated carbocycles. The van der Waals surface area contributed by atoms with Gasteiger partial charge in [0.2, 0.25) is 0 Å². The van der Waals surface area contributed by atoms with E-state index in [0.29, 0.717) is 11.8 Å². The predicted molar refractivity (Wildman–Crippen MR) is 56.7 cm³/mol. The van der Waals surface area contributed by atoms with Crippen LogP contribution in [-0.2, 0) is 9.47 Å². The van der Waals surface area contributed by atoms with E-state index in [1.165, 1.54) is 0 Å². The first kappa shape index (κ1) is 11.0. The van der Waals surface area contributed by atoms with Crippen molar-refractivity contribution in [2.24, 2.45) is 11.8 Å². The van der Waals surface area contributed by atoms with Gasteiger partial charge in [0, 0.05) is 5.92 Å². The molecule has 1 aliphatic carbocycles. The van der Waals surface area contributed by atoms with Crippen molar-refractivity contribution < 1.29 is 19.7 Å². The van der Waals surface area contributed by atoms with Gasteiger partial charge >= 0.3 is 0 Å². The van der Waals surface area contributed by atoms with Crippen LogP contribution in [0.2, 0.25) is 0 Å². The Kier molecular flexibility index (Phi) is 2.19. The Morgan fingerprint density at radius 1 is 1.38 bits per heavy atom. The third-order valence-electron chi connectivity index (χ3n) is 4.83. The lowest BCUT2D eigenvalue weighted by atomic mass is 9.66. The highest BCUT2D eigenvalue weighted by Gasteiger charge is 2.64. The topological polar surface area (TPSA) is 58.9 Å². The minimum absolute atomic E-state index is 0.00891. The predicted octanol–water partition coefficient (Wildman–Crippen LogP) is 0.660. The molecule has 92 valence electrons. The minimum atomic E-state index is -0.911. The second kappa shape index (κ2) is 3.19. The van der Waals surface area contributed by atoms with Gasteiger partial charge in [-0.25, -0.2) is 0 Å². The number of fused-ring (bicyclic) bond motifs is 1. The number of hydrogen-bond donors (Lipinski definition) is 2. The second-order valence-electron chi connectivity index (χ2n) is 5.96. The first-order chi connectivity index (χ1) is 7.48. The summed E-state index contributed by atoms with van der Waals surface area (Å²) in [4.78, 5) is 0. The largest absolute Gasteiger partial charge is 0.394 e. The fourth-order valence-corrected chi connectivity index (χ4v) is 3.98. The molecule has 2 bridgehead atoms. The van der Waals surface area contributed by atoms with Crippen molar-refractivity contribution in [3.8, 4) is 0 Å². The molecule has 0 spiro atoms. The molecule has 2 saturated heterocycles. The van der Waals surface area contributed by atoms with E-state index in [0.717, 1.165) is 19.3 Å². The highest BCUT2D eigenvalue weighted by atomic mass is 16.7. The van der Waals surface area contributed by atoms with E-state index < -0.39 is 11.9 Å². The summed E-state index contributed by atoms with van der Waals surface area (Å²) >= 11 is 0. The molecule has 3 rings (SSSR count). The van der Waals surface area contributed by atoms with Crippen LogP contribution in [0.25, 0.3) is 0 Å². The van der Waals surface area contributed by atoms with Gasteiger partial charge in [0.25, 0.3) is 0 Å². The van der Waals surface area contributed by atoms with Gasteiger partial charge in [-0.15, -0.1) is 0 Å². The zero-order valence-electron chi connectivity index (χ0n) is 9.85. The fourth-order valence-electron chi connectivity index (χ4n) is 3.98. The van der Waals surface area contributed by atoms with Crippen molar-refractivity contribution in [2.45, 2.75) is 56.7 Å². The standard InChI is InChI=1S/C12H20O4/c1-11-4-3-7-8(5-11)12(2,16-11)10(14)15-9(7)6-13/h7-10,13-14H,3-6H2,1-2H3/t7-,8+,9+,10?,11+,12+/m0/s1. The average molecular weight is 228 g/mol. The summed E-state index contributed by atoms with van der Waals surface area (Å²) < 4.78 is 11.6. The molecule has 0 radical (unpaired) electrons. The summed E-state index contributed by atoms with van der Waals surface area (Å²) in [5.74, 6) is 0.640. The van der Waals surface area contributed by atoms with E-state index in [9.17, 15) is 10.2 Å². The Labute approximate surface area is 95.6 Å². The molecule has 0 aromatic heterocycles. The van der Waals surface area contributed by atoms with Crippen molar-refractivity contribution in [1.29, 1.82) is 0 Å². The van der Waals surface area contributed by atoms with Gasteiger partial charge in [-0.1, -0.05) is 0 Å². The number of aliphatic hydroxyl groups is 2. The lowest BCUT2D eigenvalue weighted by molar-refractivity contribution is -0.294. The first-order valence-electron chi connectivity index (χ1n) is 6.13. The fraction of sp³-hybridized carbons (Fsp3) is 1.00. The summed E-state index contributed by atoms with van der Waals surface area (Å²) in [6.07, 6.45) is 1.86. The van der Waals surface area contributed by atoms with Crippen LogP contribution in [0.1, 0.15) is 33.1 Å². The van der Waals surface area contributed by atoms with Crippen molar-refractivity contribution in [3.63, 3.8) is 0 Å². The van der Waals surface area contributed by atoms with Crippen molar-refractivity contribution in [2.75, 3.05) is 6.61 Å². The van der Waals surface area contributed by atoms with Gasteiger partial charge in [-0.3, -0.25) is 0 Å². The molecule has 4 heteroatoms. The Hall–Kier alpha value is -0.160. The first-order valence-corrected chi connectivity index (χ1v) is 6.13.